The van der Waals surface area contributed by atoms with Crippen molar-refractivity contribution in [3.05, 3.63) is 29.8 Å². The molecule has 0 radical (unpaired) electrons. The predicted molar refractivity (Wildman–Crippen MR) is 88.4 cm³/mol. The molecular weight excluding hydrogens is 260 g/mol. The zero-order valence-electron chi connectivity index (χ0n) is 13.7. The summed E-state index contributed by atoms with van der Waals surface area (Å²) in [7, 11) is 3.93. The molecule has 21 heavy (non-hydrogen) atoms. The first kappa shape index (κ1) is 16.3. The van der Waals surface area contributed by atoms with E-state index in [-0.39, 0.29) is 0 Å². The molecule has 1 aliphatic rings. The number of para-hydroxylation sites is 1. The summed E-state index contributed by atoms with van der Waals surface area (Å²) in [5, 5.41) is 0. The topological polar surface area (TPSA) is 38.5 Å². The molecule has 2 rings (SSSR count). The van der Waals surface area contributed by atoms with Crippen LogP contribution in [0.3, 0.4) is 0 Å². The van der Waals surface area contributed by atoms with E-state index in [0.717, 1.165) is 24.8 Å². The average molecular weight is 290 g/mol. The van der Waals surface area contributed by atoms with Crippen molar-refractivity contribution < 1.29 is 4.74 Å². The largest absolute Gasteiger partial charge is 0.496 e. The maximum absolute atomic E-state index is 6.34. The molecule has 3 atom stereocenters. The Bertz CT molecular complexity index is 435. The highest BCUT2D eigenvalue weighted by atomic mass is 16.5. The lowest BCUT2D eigenvalue weighted by Crippen LogP contribution is -2.42. The van der Waals surface area contributed by atoms with Gasteiger partial charge in [0.05, 0.1) is 7.11 Å². The number of benzene rings is 1. The molecule has 3 nitrogen and oxygen atoms in total. The van der Waals surface area contributed by atoms with E-state index < -0.39 is 0 Å². The Balaban J connectivity index is 1.92. The van der Waals surface area contributed by atoms with Gasteiger partial charge in [-0.3, -0.25) is 0 Å². The van der Waals surface area contributed by atoms with Gasteiger partial charge >= 0.3 is 0 Å². The molecule has 0 amide bonds. The minimum Gasteiger partial charge on any atom is -0.496 e. The van der Waals surface area contributed by atoms with Crippen LogP contribution in [0.5, 0.6) is 5.75 Å². The molecule has 1 aromatic rings. The van der Waals surface area contributed by atoms with Crippen molar-refractivity contribution in [3.8, 4) is 5.75 Å². The van der Waals surface area contributed by atoms with E-state index >= 15 is 0 Å². The van der Waals surface area contributed by atoms with Gasteiger partial charge in [0, 0.05) is 24.7 Å². The Morgan fingerprint density at radius 2 is 2.05 bits per heavy atom. The zero-order valence-corrected chi connectivity index (χ0v) is 13.7. The lowest BCUT2D eigenvalue weighted by Gasteiger charge is -2.36. The van der Waals surface area contributed by atoms with Crippen molar-refractivity contribution >= 4 is 0 Å². The predicted octanol–water partition coefficient (Wildman–Crippen LogP) is 3.28. The third-order valence-electron chi connectivity index (χ3n) is 4.91. The molecule has 0 bridgehead atoms. The number of ether oxygens (including phenoxy) is 1. The molecule has 1 aromatic carbocycles. The van der Waals surface area contributed by atoms with E-state index in [1.165, 1.54) is 31.2 Å². The van der Waals surface area contributed by atoms with Crippen LogP contribution in [0, 0.1) is 11.8 Å². The fourth-order valence-corrected chi connectivity index (χ4v) is 3.55. The highest BCUT2D eigenvalue weighted by Crippen LogP contribution is 2.31. The van der Waals surface area contributed by atoms with Crippen LogP contribution in [0.1, 0.15) is 38.2 Å². The third-order valence-corrected chi connectivity index (χ3v) is 4.91. The lowest BCUT2D eigenvalue weighted by atomic mass is 9.77. The molecule has 0 aromatic heterocycles. The van der Waals surface area contributed by atoms with Crippen molar-refractivity contribution in [1.29, 1.82) is 0 Å². The third kappa shape index (κ3) is 4.45. The van der Waals surface area contributed by atoms with Gasteiger partial charge in [-0.1, -0.05) is 31.5 Å². The first-order valence-electron chi connectivity index (χ1n) is 8.20. The van der Waals surface area contributed by atoms with E-state index in [0.29, 0.717) is 12.0 Å². The summed E-state index contributed by atoms with van der Waals surface area (Å²) in [6, 6.07) is 8.64. The van der Waals surface area contributed by atoms with Crippen LogP contribution in [0.15, 0.2) is 24.3 Å². The molecule has 2 N–H and O–H groups in total. The smallest absolute Gasteiger partial charge is 0.123 e. The van der Waals surface area contributed by atoms with E-state index in [1.807, 2.05) is 12.1 Å². The quantitative estimate of drug-likeness (QED) is 0.874. The summed E-state index contributed by atoms with van der Waals surface area (Å²) in [6.45, 7) is 4.30. The standard InChI is InChI=1S/C18H30N2O/c1-4-14-9-10-17(19)16(11-14)13-20(2)12-15-7-5-6-8-18(15)21-3/h5-8,14,16-17H,4,9-13,19H2,1-3H3. The highest BCUT2D eigenvalue weighted by Gasteiger charge is 2.28. The van der Waals surface area contributed by atoms with Gasteiger partial charge in [-0.15, -0.1) is 0 Å². The molecule has 0 saturated heterocycles. The second kappa shape index (κ2) is 7.81. The number of hydrogen-bond donors (Lipinski definition) is 1. The molecule has 0 heterocycles. The fourth-order valence-electron chi connectivity index (χ4n) is 3.55. The second-order valence-electron chi connectivity index (χ2n) is 6.52. The Labute approximate surface area is 129 Å². The van der Waals surface area contributed by atoms with Crippen LogP contribution in [0.2, 0.25) is 0 Å². The summed E-state index contributed by atoms with van der Waals surface area (Å²) in [4.78, 5) is 2.39. The van der Waals surface area contributed by atoms with Crippen molar-refractivity contribution in [2.24, 2.45) is 17.6 Å². The van der Waals surface area contributed by atoms with Crippen molar-refractivity contribution in [2.45, 2.75) is 45.2 Å². The van der Waals surface area contributed by atoms with E-state index in [2.05, 4.69) is 31.0 Å². The maximum atomic E-state index is 6.34. The van der Waals surface area contributed by atoms with Gasteiger partial charge in [0.1, 0.15) is 5.75 Å². The number of nitrogens with two attached hydrogens (primary N) is 1. The Morgan fingerprint density at radius 1 is 1.29 bits per heavy atom. The number of nitrogens with zero attached hydrogens (tertiary/aromatic N) is 1. The SMILES string of the molecule is CCC1CCC(N)C(CN(C)Cc2ccccc2OC)C1. The van der Waals surface area contributed by atoms with Crippen LogP contribution in [-0.2, 0) is 6.54 Å². The minimum absolute atomic E-state index is 0.368. The van der Waals surface area contributed by atoms with E-state index in [4.69, 9.17) is 10.5 Å². The molecule has 0 aliphatic heterocycles. The molecule has 3 unspecified atom stereocenters. The fraction of sp³-hybridized carbons (Fsp3) is 0.667. The Hall–Kier alpha value is -1.06. The second-order valence-corrected chi connectivity index (χ2v) is 6.52. The average Bonchev–Trinajstić information content (AvgIpc) is 2.50. The Morgan fingerprint density at radius 3 is 2.76 bits per heavy atom. The van der Waals surface area contributed by atoms with Crippen LogP contribution in [0.25, 0.3) is 0 Å². The summed E-state index contributed by atoms with van der Waals surface area (Å²) < 4.78 is 5.44. The van der Waals surface area contributed by atoms with Gasteiger partial charge in [-0.2, -0.15) is 0 Å². The first-order chi connectivity index (χ1) is 10.1. The monoisotopic (exact) mass is 290 g/mol. The minimum atomic E-state index is 0.368. The first-order valence-corrected chi connectivity index (χ1v) is 8.20. The maximum Gasteiger partial charge on any atom is 0.123 e. The lowest BCUT2D eigenvalue weighted by molar-refractivity contribution is 0.167. The number of rotatable bonds is 6. The summed E-state index contributed by atoms with van der Waals surface area (Å²) in [6.07, 6.45) is 5.07. The van der Waals surface area contributed by atoms with E-state index in [1.54, 1.807) is 7.11 Å². The van der Waals surface area contributed by atoms with Crippen molar-refractivity contribution in [3.63, 3.8) is 0 Å². The van der Waals surface area contributed by atoms with Crippen LogP contribution in [-0.4, -0.2) is 31.6 Å². The molecule has 1 fully saturated rings. The summed E-state index contributed by atoms with van der Waals surface area (Å²) in [5.41, 5.74) is 7.59. The summed E-state index contributed by atoms with van der Waals surface area (Å²) >= 11 is 0. The van der Waals surface area contributed by atoms with Crippen LogP contribution < -0.4 is 10.5 Å². The number of hydrogen-bond acceptors (Lipinski definition) is 3. The Kier molecular flexibility index (Phi) is 6.07. The molecule has 1 saturated carbocycles. The number of methoxy groups -OCH3 is 1. The van der Waals surface area contributed by atoms with E-state index in [9.17, 15) is 0 Å². The molecule has 118 valence electrons. The van der Waals surface area contributed by atoms with Gasteiger partial charge < -0.3 is 15.4 Å². The normalized spacial score (nSPS) is 26.0. The molecule has 0 spiro atoms. The van der Waals surface area contributed by atoms with Gasteiger partial charge in [-0.05, 0) is 44.2 Å². The molecular formula is C18H30N2O. The summed E-state index contributed by atoms with van der Waals surface area (Å²) in [5.74, 6) is 2.47. The van der Waals surface area contributed by atoms with Gasteiger partial charge in [-0.25, -0.2) is 0 Å². The molecule has 1 aliphatic carbocycles. The van der Waals surface area contributed by atoms with Crippen LogP contribution in [0.4, 0.5) is 0 Å². The van der Waals surface area contributed by atoms with Gasteiger partial charge in [0.2, 0.25) is 0 Å². The van der Waals surface area contributed by atoms with Crippen molar-refractivity contribution in [1.82, 2.24) is 4.90 Å². The highest BCUT2D eigenvalue weighted by molar-refractivity contribution is 5.33. The van der Waals surface area contributed by atoms with Gasteiger partial charge in [0.25, 0.3) is 0 Å². The van der Waals surface area contributed by atoms with Gasteiger partial charge in [0.15, 0.2) is 0 Å². The zero-order chi connectivity index (χ0) is 15.2. The molecule has 3 heteroatoms. The van der Waals surface area contributed by atoms with Crippen LogP contribution >= 0.6 is 0 Å². The van der Waals surface area contributed by atoms with Crippen molar-refractivity contribution in [2.75, 3.05) is 20.7 Å².